The molecule has 1 heterocycles. The van der Waals surface area contributed by atoms with Crippen LogP contribution in [0.1, 0.15) is 31.7 Å². The van der Waals surface area contributed by atoms with Crippen molar-refractivity contribution < 1.29 is 9.90 Å². The SMILES string of the molecule is Cc1cccc2c1nc(SCC(=O)O)n2C1(C)CCC1. The van der Waals surface area contributed by atoms with Gasteiger partial charge in [0.15, 0.2) is 5.16 Å². The minimum absolute atomic E-state index is 0.0540. The Morgan fingerprint density at radius 1 is 1.50 bits per heavy atom. The molecule has 0 radical (unpaired) electrons. The van der Waals surface area contributed by atoms with Crippen LogP contribution in [0.4, 0.5) is 0 Å². The maximum absolute atomic E-state index is 10.8. The summed E-state index contributed by atoms with van der Waals surface area (Å²) in [6, 6.07) is 6.18. The average molecular weight is 290 g/mol. The summed E-state index contributed by atoms with van der Waals surface area (Å²) in [5.41, 5.74) is 3.35. The second-order valence-corrected chi connectivity index (χ2v) is 6.65. The molecule has 106 valence electrons. The van der Waals surface area contributed by atoms with Gasteiger partial charge in [0.25, 0.3) is 0 Å². The Morgan fingerprint density at radius 2 is 2.25 bits per heavy atom. The lowest BCUT2D eigenvalue weighted by Gasteiger charge is -2.41. The predicted molar refractivity (Wildman–Crippen MR) is 80.3 cm³/mol. The van der Waals surface area contributed by atoms with Crippen molar-refractivity contribution >= 4 is 28.8 Å². The number of benzene rings is 1. The molecule has 0 amide bonds. The van der Waals surface area contributed by atoms with E-state index in [2.05, 4.69) is 30.5 Å². The highest BCUT2D eigenvalue weighted by Crippen LogP contribution is 2.43. The van der Waals surface area contributed by atoms with Gasteiger partial charge in [0.2, 0.25) is 0 Å². The van der Waals surface area contributed by atoms with Crippen LogP contribution < -0.4 is 0 Å². The number of carboxylic acid groups (broad SMARTS) is 1. The van der Waals surface area contributed by atoms with Gasteiger partial charge in [-0.3, -0.25) is 4.79 Å². The number of fused-ring (bicyclic) bond motifs is 1. The van der Waals surface area contributed by atoms with Crippen molar-refractivity contribution in [2.24, 2.45) is 0 Å². The number of aliphatic carboxylic acids is 1. The topological polar surface area (TPSA) is 55.1 Å². The van der Waals surface area contributed by atoms with E-state index in [0.29, 0.717) is 0 Å². The van der Waals surface area contributed by atoms with Crippen molar-refractivity contribution in [1.29, 1.82) is 0 Å². The fraction of sp³-hybridized carbons (Fsp3) is 0.467. The Bertz CT molecular complexity index is 674. The number of imidazole rings is 1. The van der Waals surface area contributed by atoms with E-state index in [1.54, 1.807) is 0 Å². The molecule has 20 heavy (non-hydrogen) atoms. The van der Waals surface area contributed by atoms with Crippen LogP contribution in [0.5, 0.6) is 0 Å². The zero-order valence-corrected chi connectivity index (χ0v) is 12.5. The van der Waals surface area contributed by atoms with Gasteiger partial charge in [0.05, 0.1) is 16.8 Å². The normalized spacial score (nSPS) is 17.1. The molecule has 3 rings (SSSR count). The van der Waals surface area contributed by atoms with Gasteiger partial charge in [-0.2, -0.15) is 0 Å². The van der Waals surface area contributed by atoms with Gasteiger partial charge in [-0.25, -0.2) is 4.98 Å². The maximum Gasteiger partial charge on any atom is 0.313 e. The Morgan fingerprint density at radius 3 is 2.85 bits per heavy atom. The summed E-state index contributed by atoms with van der Waals surface area (Å²) in [5, 5.41) is 9.74. The van der Waals surface area contributed by atoms with Crippen LogP contribution in [0.3, 0.4) is 0 Å². The number of nitrogens with zero attached hydrogens (tertiary/aromatic N) is 2. The molecular formula is C15H18N2O2S. The summed E-state index contributed by atoms with van der Waals surface area (Å²) in [7, 11) is 0. The molecule has 5 heteroatoms. The highest BCUT2D eigenvalue weighted by molar-refractivity contribution is 7.99. The monoisotopic (exact) mass is 290 g/mol. The molecule has 0 aliphatic heterocycles. The Balaban J connectivity index is 2.14. The first-order chi connectivity index (χ1) is 9.51. The van der Waals surface area contributed by atoms with Gasteiger partial charge in [-0.05, 0) is 44.7 Å². The second kappa shape index (κ2) is 4.81. The number of thioether (sulfide) groups is 1. The van der Waals surface area contributed by atoms with Gasteiger partial charge >= 0.3 is 5.97 Å². The van der Waals surface area contributed by atoms with E-state index >= 15 is 0 Å². The minimum atomic E-state index is -0.802. The zero-order valence-electron chi connectivity index (χ0n) is 11.7. The first kappa shape index (κ1) is 13.5. The number of rotatable bonds is 4. The molecule has 4 nitrogen and oxygen atoms in total. The summed E-state index contributed by atoms with van der Waals surface area (Å²) < 4.78 is 2.26. The largest absolute Gasteiger partial charge is 0.481 e. The van der Waals surface area contributed by atoms with Crippen molar-refractivity contribution in [3.63, 3.8) is 0 Å². The van der Waals surface area contributed by atoms with Crippen LogP contribution in [0.2, 0.25) is 0 Å². The van der Waals surface area contributed by atoms with E-state index in [0.717, 1.165) is 34.6 Å². The molecule has 1 aliphatic rings. The molecule has 0 bridgehead atoms. The van der Waals surface area contributed by atoms with E-state index < -0.39 is 5.97 Å². The predicted octanol–water partition coefficient (Wildman–Crippen LogP) is 3.42. The number of carboxylic acids is 1. The van der Waals surface area contributed by atoms with Crippen molar-refractivity contribution in [2.45, 2.75) is 43.8 Å². The summed E-state index contributed by atoms with van der Waals surface area (Å²) in [5.74, 6) is -0.748. The molecular weight excluding hydrogens is 272 g/mol. The van der Waals surface area contributed by atoms with Gasteiger partial charge in [0, 0.05) is 5.54 Å². The summed E-state index contributed by atoms with van der Waals surface area (Å²) >= 11 is 1.32. The van der Waals surface area contributed by atoms with Crippen LogP contribution >= 0.6 is 11.8 Å². The number of carbonyl (C=O) groups is 1. The fourth-order valence-corrected chi connectivity index (χ4v) is 3.73. The lowest BCUT2D eigenvalue weighted by Crippen LogP contribution is -2.37. The highest BCUT2D eigenvalue weighted by atomic mass is 32.2. The molecule has 0 unspecified atom stereocenters. The van der Waals surface area contributed by atoms with Gasteiger partial charge in [-0.15, -0.1) is 0 Å². The van der Waals surface area contributed by atoms with Gasteiger partial charge < -0.3 is 9.67 Å². The molecule has 0 atom stereocenters. The molecule has 1 saturated carbocycles. The third-order valence-electron chi connectivity index (χ3n) is 4.15. The maximum atomic E-state index is 10.8. The van der Waals surface area contributed by atoms with E-state index in [9.17, 15) is 4.79 Å². The Hall–Kier alpha value is -1.49. The van der Waals surface area contributed by atoms with Crippen molar-refractivity contribution in [3.05, 3.63) is 23.8 Å². The molecule has 1 aromatic carbocycles. The minimum Gasteiger partial charge on any atom is -0.481 e. The highest BCUT2D eigenvalue weighted by Gasteiger charge is 2.37. The molecule has 2 aromatic rings. The third-order valence-corrected chi connectivity index (χ3v) is 5.07. The summed E-state index contributed by atoms with van der Waals surface area (Å²) in [4.78, 5) is 15.5. The first-order valence-corrected chi connectivity index (χ1v) is 7.83. The fourth-order valence-electron chi connectivity index (χ4n) is 2.87. The van der Waals surface area contributed by atoms with E-state index in [1.807, 2.05) is 6.07 Å². The van der Waals surface area contributed by atoms with Crippen molar-refractivity contribution in [2.75, 3.05) is 5.75 Å². The quantitative estimate of drug-likeness (QED) is 0.877. The molecule has 1 aliphatic carbocycles. The second-order valence-electron chi connectivity index (χ2n) is 5.71. The summed E-state index contributed by atoms with van der Waals surface area (Å²) in [6.07, 6.45) is 3.49. The number of aryl methyl sites for hydroxylation is 1. The van der Waals surface area contributed by atoms with Gasteiger partial charge in [-0.1, -0.05) is 23.9 Å². The smallest absolute Gasteiger partial charge is 0.313 e. The van der Waals surface area contributed by atoms with Crippen LogP contribution in [-0.2, 0) is 10.3 Å². The molecule has 1 fully saturated rings. The molecule has 1 aromatic heterocycles. The standard InChI is InChI=1S/C15H18N2O2S/c1-10-5-3-6-11-13(10)16-14(20-9-12(18)19)17(11)15(2)7-4-8-15/h3,5-6H,4,7-9H2,1-2H3,(H,18,19). The number of hydrogen-bond acceptors (Lipinski definition) is 3. The number of hydrogen-bond donors (Lipinski definition) is 1. The Kier molecular flexibility index (Phi) is 3.24. The van der Waals surface area contributed by atoms with Crippen LogP contribution in [0.15, 0.2) is 23.4 Å². The van der Waals surface area contributed by atoms with Gasteiger partial charge in [0.1, 0.15) is 0 Å². The zero-order chi connectivity index (χ0) is 14.3. The number of para-hydroxylation sites is 1. The third kappa shape index (κ3) is 2.10. The van der Waals surface area contributed by atoms with Crippen LogP contribution in [0.25, 0.3) is 11.0 Å². The van der Waals surface area contributed by atoms with Crippen molar-refractivity contribution in [1.82, 2.24) is 9.55 Å². The summed E-state index contributed by atoms with van der Waals surface area (Å²) in [6.45, 7) is 4.29. The van der Waals surface area contributed by atoms with E-state index in [-0.39, 0.29) is 11.3 Å². The van der Waals surface area contributed by atoms with Crippen LogP contribution in [-0.4, -0.2) is 26.4 Å². The Labute approximate surface area is 122 Å². The lowest BCUT2D eigenvalue weighted by molar-refractivity contribution is -0.133. The van der Waals surface area contributed by atoms with E-state index in [4.69, 9.17) is 10.1 Å². The molecule has 1 N–H and O–H groups in total. The first-order valence-electron chi connectivity index (χ1n) is 6.84. The molecule has 0 spiro atoms. The van der Waals surface area contributed by atoms with Crippen molar-refractivity contribution in [3.8, 4) is 0 Å². The van der Waals surface area contributed by atoms with Crippen LogP contribution in [0, 0.1) is 6.92 Å². The van der Waals surface area contributed by atoms with E-state index in [1.165, 1.54) is 18.2 Å². The lowest BCUT2D eigenvalue weighted by atomic mass is 9.78. The molecule has 0 saturated heterocycles. The average Bonchev–Trinajstić information content (AvgIpc) is 2.74. The number of aromatic nitrogens is 2.